The van der Waals surface area contributed by atoms with E-state index in [0.717, 1.165) is 6.42 Å². The molecule has 0 aliphatic heterocycles. The second-order valence-electron chi connectivity index (χ2n) is 6.38. The van der Waals surface area contributed by atoms with Gasteiger partial charge in [-0.2, -0.15) is 0 Å². The molecule has 2 aromatic carbocycles. The molecule has 0 saturated heterocycles. The number of carbonyl (C=O) groups excluding carboxylic acids is 1. The fourth-order valence-electron chi connectivity index (χ4n) is 3.80. The minimum absolute atomic E-state index is 0.00695. The first-order valence-corrected chi connectivity index (χ1v) is 8.40. The van der Waals surface area contributed by atoms with Crippen LogP contribution in [-0.2, 0) is 0 Å². The van der Waals surface area contributed by atoms with Crippen LogP contribution in [0.1, 0.15) is 39.9 Å². The zero-order chi connectivity index (χ0) is 16.4. The molecule has 0 bridgehead atoms. The summed E-state index contributed by atoms with van der Waals surface area (Å²) in [6.45, 7) is 0. The van der Waals surface area contributed by atoms with Gasteiger partial charge in [0, 0.05) is 18.0 Å². The Labute approximate surface area is 142 Å². The van der Waals surface area contributed by atoms with Crippen LogP contribution < -0.4 is 0 Å². The minimum atomic E-state index is 0.00695. The van der Waals surface area contributed by atoms with Crippen molar-refractivity contribution in [3.8, 4) is 0 Å². The Morgan fingerprint density at radius 1 is 0.792 bits per heavy atom. The molecular formula is C22H19NO. The zero-order valence-electron chi connectivity index (χ0n) is 13.4. The van der Waals surface area contributed by atoms with Crippen LogP contribution >= 0.6 is 0 Å². The number of pyridine rings is 1. The lowest BCUT2D eigenvalue weighted by molar-refractivity contribution is 0.0775. The second kappa shape index (κ2) is 6.40. The molecule has 1 heterocycles. The molecule has 1 aliphatic carbocycles. The molecule has 0 amide bonds. The molecule has 4 rings (SSSR count). The maximum atomic E-state index is 12.9. The van der Waals surface area contributed by atoms with Gasteiger partial charge < -0.3 is 0 Å². The van der Waals surface area contributed by atoms with Crippen LogP contribution in [0.2, 0.25) is 0 Å². The van der Waals surface area contributed by atoms with Gasteiger partial charge in [-0.25, -0.2) is 0 Å². The van der Waals surface area contributed by atoms with E-state index >= 15 is 0 Å². The van der Waals surface area contributed by atoms with Crippen molar-refractivity contribution in [2.24, 2.45) is 5.92 Å². The summed E-state index contributed by atoms with van der Waals surface area (Å²) in [5, 5.41) is 0. The van der Waals surface area contributed by atoms with Crippen LogP contribution in [0.25, 0.3) is 0 Å². The fourth-order valence-corrected chi connectivity index (χ4v) is 3.80. The molecular weight excluding hydrogens is 294 g/mol. The monoisotopic (exact) mass is 313 g/mol. The summed E-state index contributed by atoms with van der Waals surface area (Å²) in [4.78, 5) is 17.2. The van der Waals surface area contributed by atoms with Crippen molar-refractivity contribution < 1.29 is 4.79 Å². The smallest absolute Gasteiger partial charge is 0.184 e. The largest absolute Gasteiger partial charge is 0.292 e. The topological polar surface area (TPSA) is 30.0 Å². The van der Waals surface area contributed by atoms with E-state index in [-0.39, 0.29) is 17.6 Å². The zero-order valence-corrected chi connectivity index (χ0v) is 13.4. The van der Waals surface area contributed by atoms with E-state index in [2.05, 4.69) is 53.5 Å². The molecule has 1 aromatic heterocycles. The molecule has 1 aliphatic rings. The predicted octanol–water partition coefficient (Wildman–Crippen LogP) is 4.85. The van der Waals surface area contributed by atoms with E-state index in [4.69, 9.17) is 0 Å². The Morgan fingerprint density at radius 3 is 2.04 bits per heavy atom. The van der Waals surface area contributed by atoms with E-state index in [1.165, 1.54) is 11.1 Å². The first-order chi connectivity index (χ1) is 11.8. The summed E-state index contributed by atoms with van der Waals surface area (Å²) in [5.41, 5.74) is 3.14. The Bertz CT molecular complexity index is 814. The first kappa shape index (κ1) is 14.8. The lowest BCUT2D eigenvalue weighted by atomic mass is 9.58. The van der Waals surface area contributed by atoms with Crippen molar-refractivity contribution in [2.75, 3.05) is 0 Å². The van der Waals surface area contributed by atoms with Gasteiger partial charge in [-0.15, -0.1) is 0 Å². The highest BCUT2D eigenvalue weighted by Crippen LogP contribution is 2.54. The third-order valence-electron chi connectivity index (χ3n) is 5.04. The van der Waals surface area contributed by atoms with Gasteiger partial charge in [0.2, 0.25) is 0 Å². The number of ketones is 1. The number of Topliss-reactive ketones (excluding diaryl/α,β-unsaturated/α-hetero) is 1. The van der Waals surface area contributed by atoms with E-state index in [1.807, 2.05) is 30.3 Å². The van der Waals surface area contributed by atoms with Crippen molar-refractivity contribution in [3.05, 3.63) is 102 Å². The number of benzene rings is 2. The molecule has 3 atom stereocenters. The average molecular weight is 313 g/mol. The molecule has 0 radical (unpaired) electrons. The van der Waals surface area contributed by atoms with E-state index in [9.17, 15) is 4.79 Å². The summed E-state index contributed by atoms with van der Waals surface area (Å²) in [7, 11) is 0. The summed E-state index contributed by atoms with van der Waals surface area (Å²) in [6.07, 6.45) is 2.58. The molecule has 2 heteroatoms. The molecule has 0 spiro atoms. The highest BCUT2D eigenvalue weighted by atomic mass is 16.1. The van der Waals surface area contributed by atoms with E-state index in [0.29, 0.717) is 11.6 Å². The normalized spacial score (nSPS) is 22.6. The van der Waals surface area contributed by atoms with Gasteiger partial charge in [-0.3, -0.25) is 9.78 Å². The maximum absolute atomic E-state index is 12.9. The molecule has 3 aromatic rings. The van der Waals surface area contributed by atoms with Crippen molar-refractivity contribution >= 4 is 5.78 Å². The standard InChI is InChI=1S/C22H19NO/c24-22(20-13-7-8-14-23-20)19-15-18(16-9-3-1-4-10-16)21(19)17-11-5-2-6-12-17/h1-14,18-19,21H,15H2/t18-,19+,21+/m0/s1. The Hall–Kier alpha value is -2.74. The lowest BCUT2D eigenvalue weighted by Crippen LogP contribution is -2.38. The summed E-state index contributed by atoms with van der Waals surface area (Å²) < 4.78 is 0. The highest BCUT2D eigenvalue weighted by molar-refractivity contribution is 5.97. The Morgan fingerprint density at radius 2 is 1.42 bits per heavy atom. The number of nitrogens with zero attached hydrogens (tertiary/aromatic N) is 1. The number of hydrogen-bond donors (Lipinski definition) is 0. The number of carbonyl (C=O) groups is 1. The first-order valence-electron chi connectivity index (χ1n) is 8.40. The van der Waals surface area contributed by atoms with Crippen molar-refractivity contribution in [1.82, 2.24) is 4.98 Å². The molecule has 118 valence electrons. The molecule has 0 N–H and O–H groups in total. The van der Waals surface area contributed by atoms with Crippen LogP contribution in [-0.4, -0.2) is 10.8 Å². The average Bonchev–Trinajstić information content (AvgIpc) is 2.63. The van der Waals surface area contributed by atoms with Gasteiger partial charge >= 0.3 is 0 Å². The van der Waals surface area contributed by atoms with Gasteiger partial charge in [0.25, 0.3) is 0 Å². The van der Waals surface area contributed by atoms with Crippen LogP contribution in [0.4, 0.5) is 0 Å². The third kappa shape index (κ3) is 2.65. The van der Waals surface area contributed by atoms with Crippen LogP contribution in [0.5, 0.6) is 0 Å². The van der Waals surface area contributed by atoms with Crippen LogP contribution in [0, 0.1) is 5.92 Å². The van der Waals surface area contributed by atoms with Gasteiger partial charge in [-0.1, -0.05) is 66.7 Å². The molecule has 24 heavy (non-hydrogen) atoms. The highest BCUT2D eigenvalue weighted by Gasteiger charge is 2.46. The van der Waals surface area contributed by atoms with Crippen molar-refractivity contribution in [1.29, 1.82) is 0 Å². The molecule has 2 nitrogen and oxygen atoms in total. The molecule has 1 fully saturated rings. The number of hydrogen-bond acceptors (Lipinski definition) is 2. The van der Waals surface area contributed by atoms with Gasteiger partial charge in [0.05, 0.1) is 0 Å². The third-order valence-corrected chi connectivity index (χ3v) is 5.04. The second-order valence-corrected chi connectivity index (χ2v) is 6.38. The molecule has 1 saturated carbocycles. The number of aromatic nitrogens is 1. The molecule has 0 unspecified atom stereocenters. The van der Waals surface area contributed by atoms with Crippen molar-refractivity contribution in [3.63, 3.8) is 0 Å². The van der Waals surface area contributed by atoms with Gasteiger partial charge in [-0.05, 0) is 35.6 Å². The summed E-state index contributed by atoms with van der Waals surface area (Å²) in [6, 6.07) is 26.5. The lowest BCUT2D eigenvalue weighted by Gasteiger charge is -2.44. The van der Waals surface area contributed by atoms with E-state index in [1.54, 1.807) is 6.20 Å². The van der Waals surface area contributed by atoms with Gasteiger partial charge in [0.15, 0.2) is 5.78 Å². The van der Waals surface area contributed by atoms with E-state index < -0.39 is 0 Å². The maximum Gasteiger partial charge on any atom is 0.184 e. The predicted molar refractivity (Wildman–Crippen MR) is 95.0 cm³/mol. The Balaban J connectivity index is 1.67. The summed E-state index contributed by atoms with van der Waals surface area (Å²) >= 11 is 0. The Kier molecular flexibility index (Phi) is 3.96. The fraction of sp³-hybridized carbons (Fsp3) is 0.182. The van der Waals surface area contributed by atoms with Crippen LogP contribution in [0.15, 0.2) is 85.1 Å². The van der Waals surface area contributed by atoms with Crippen molar-refractivity contribution in [2.45, 2.75) is 18.3 Å². The van der Waals surface area contributed by atoms with Gasteiger partial charge in [0.1, 0.15) is 5.69 Å². The van der Waals surface area contributed by atoms with Crippen LogP contribution in [0.3, 0.4) is 0 Å². The number of rotatable bonds is 4. The minimum Gasteiger partial charge on any atom is -0.292 e. The summed E-state index contributed by atoms with van der Waals surface area (Å²) in [5.74, 6) is 0.790. The SMILES string of the molecule is O=C(c1ccccn1)[C@@H]1C[C@@H](c2ccccc2)[C@H]1c1ccccc1. The quantitative estimate of drug-likeness (QED) is 0.644.